The minimum absolute atomic E-state index is 0.0778. The maximum absolute atomic E-state index is 9.58. The molecule has 1 aliphatic heterocycles. The van der Waals surface area contributed by atoms with Crippen molar-refractivity contribution < 1.29 is 5.11 Å². The minimum atomic E-state index is 0.0778. The van der Waals surface area contributed by atoms with E-state index in [1.165, 1.54) is 5.56 Å². The van der Waals surface area contributed by atoms with Crippen molar-refractivity contribution in [2.45, 2.75) is 25.4 Å². The summed E-state index contributed by atoms with van der Waals surface area (Å²) in [4.78, 5) is 18.9. The number of anilines is 2. The molecule has 3 heterocycles. The number of H-pyrrole nitrogens is 1. The second-order valence-electron chi connectivity index (χ2n) is 7.01. The Morgan fingerprint density at radius 2 is 2.07 bits per heavy atom. The molecule has 0 saturated carbocycles. The number of rotatable bonds is 6. The summed E-state index contributed by atoms with van der Waals surface area (Å²) in [7, 11) is 1.93. The predicted octanol–water partition coefficient (Wildman–Crippen LogP) is 1.80. The van der Waals surface area contributed by atoms with Gasteiger partial charge in [0, 0.05) is 13.1 Å². The number of nitrogens with two attached hydrogens (primary N) is 1. The van der Waals surface area contributed by atoms with Gasteiger partial charge in [0.15, 0.2) is 17.3 Å². The molecular formula is C20H25N7O. The van der Waals surface area contributed by atoms with Crippen LogP contribution in [-0.2, 0) is 6.54 Å². The Kier molecular flexibility index (Phi) is 5.23. The van der Waals surface area contributed by atoms with Gasteiger partial charge >= 0.3 is 0 Å². The minimum Gasteiger partial charge on any atom is -0.394 e. The van der Waals surface area contributed by atoms with E-state index in [0.29, 0.717) is 17.3 Å². The summed E-state index contributed by atoms with van der Waals surface area (Å²) >= 11 is 0. The van der Waals surface area contributed by atoms with E-state index < -0.39 is 0 Å². The lowest BCUT2D eigenvalue weighted by Crippen LogP contribution is -2.33. The zero-order valence-corrected chi connectivity index (χ0v) is 15.9. The second-order valence-corrected chi connectivity index (χ2v) is 7.01. The van der Waals surface area contributed by atoms with Crippen LogP contribution in [0.3, 0.4) is 0 Å². The first kappa shape index (κ1) is 18.4. The number of benzene rings is 1. The van der Waals surface area contributed by atoms with E-state index in [4.69, 9.17) is 10.7 Å². The number of hydrogen-bond donors (Lipinski definition) is 4. The van der Waals surface area contributed by atoms with E-state index in [2.05, 4.69) is 49.4 Å². The SMILES string of the molecule is CNCc1ccc(-c2cnc(-c3nc(N4CCC[C@H]4CO)cnc3N)[nH]2)cc1. The van der Waals surface area contributed by atoms with E-state index in [0.717, 1.165) is 43.0 Å². The van der Waals surface area contributed by atoms with Gasteiger partial charge in [-0.3, -0.25) is 0 Å². The van der Waals surface area contributed by atoms with Gasteiger partial charge in [0.2, 0.25) is 0 Å². The van der Waals surface area contributed by atoms with Gasteiger partial charge in [-0.15, -0.1) is 0 Å². The quantitative estimate of drug-likeness (QED) is 0.516. The van der Waals surface area contributed by atoms with Crippen LogP contribution >= 0.6 is 0 Å². The number of nitrogens with zero attached hydrogens (tertiary/aromatic N) is 4. The van der Waals surface area contributed by atoms with Gasteiger partial charge in [0.1, 0.15) is 5.82 Å². The van der Waals surface area contributed by atoms with Gasteiger partial charge in [0.05, 0.1) is 30.7 Å². The fourth-order valence-corrected chi connectivity index (χ4v) is 3.62. The van der Waals surface area contributed by atoms with Crippen LogP contribution in [0.25, 0.3) is 22.8 Å². The van der Waals surface area contributed by atoms with Gasteiger partial charge < -0.3 is 26.0 Å². The van der Waals surface area contributed by atoms with Crippen molar-refractivity contribution in [2.75, 3.05) is 30.8 Å². The fourth-order valence-electron chi connectivity index (χ4n) is 3.62. The monoisotopic (exact) mass is 379 g/mol. The van der Waals surface area contributed by atoms with Gasteiger partial charge in [-0.25, -0.2) is 15.0 Å². The fraction of sp³-hybridized carbons (Fsp3) is 0.350. The third kappa shape index (κ3) is 3.56. The van der Waals surface area contributed by atoms with E-state index in [1.807, 2.05) is 7.05 Å². The van der Waals surface area contributed by atoms with E-state index in [1.54, 1.807) is 12.4 Å². The normalized spacial score (nSPS) is 16.6. The van der Waals surface area contributed by atoms with Crippen molar-refractivity contribution in [1.82, 2.24) is 25.3 Å². The molecule has 0 radical (unpaired) electrons. The van der Waals surface area contributed by atoms with Gasteiger partial charge in [-0.05, 0) is 31.0 Å². The van der Waals surface area contributed by atoms with Crippen LogP contribution in [0.2, 0.25) is 0 Å². The Morgan fingerprint density at radius 3 is 2.82 bits per heavy atom. The van der Waals surface area contributed by atoms with Crippen molar-refractivity contribution in [2.24, 2.45) is 0 Å². The van der Waals surface area contributed by atoms with Gasteiger partial charge in [-0.1, -0.05) is 24.3 Å². The largest absolute Gasteiger partial charge is 0.394 e. The standard InChI is InChI=1S/C20H25N7O/c1-22-9-13-4-6-14(7-5-13)16-10-24-20(25-16)18-19(21)23-11-17(26-18)27-8-2-3-15(27)12-28/h4-7,10-11,15,22,28H,2-3,8-9,12H2,1H3,(H2,21,23)(H,24,25)/t15-/m0/s1. The molecule has 5 N–H and O–H groups in total. The maximum Gasteiger partial charge on any atom is 0.160 e. The second kappa shape index (κ2) is 7.95. The Balaban J connectivity index is 1.62. The molecule has 0 bridgehead atoms. The summed E-state index contributed by atoms with van der Waals surface area (Å²) in [5.41, 5.74) is 9.77. The molecule has 3 aromatic rings. The molecular weight excluding hydrogens is 354 g/mol. The number of aliphatic hydroxyl groups excluding tert-OH is 1. The predicted molar refractivity (Wildman–Crippen MR) is 110 cm³/mol. The summed E-state index contributed by atoms with van der Waals surface area (Å²) in [5.74, 6) is 1.63. The molecule has 4 rings (SSSR count). The highest BCUT2D eigenvalue weighted by Crippen LogP contribution is 2.28. The van der Waals surface area contributed by atoms with E-state index in [9.17, 15) is 5.11 Å². The van der Waals surface area contributed by atoms with Crippen LogP contribution in [-0.4, -0.2) is 51.3 Å². The van der Waals surface area contributed by atoms with Crippen molar-refractivity contribution in [1.29, 1.82) is 0 Å². The summed E-state index contributed by atoms with van der Waals surface area (Å²) in [6.07, 6.45) is 5.42. The molecule has 146 valence electrons. The average molecular weight is 379 g/mol. The van der Waals surface area contributed by atoms with E-state index >= 15 is 0 Å². The topological polar surface area (TPSA) is 116 Å². The molecule has 8 nitrogen and oxygen atoms in total. The molecule has 0 aliphatic carbocycles. The molecule has 1 fully saturated rings. The number of aromatic amines is 1. The molecule has 28 heavy (non-hydrogen) atoms. The number of hydrogen-bond acceptors (Lipinski definition) is 7. The zero-order chi connectivity index (χ0) is 19.5. The molecule has 2 aromatic heterocycles. The third-order valence-corrected chi connectivity index (χ3v) is 5.12. The number of aromatic nitrogens is 4. The molecule has 0 spiro atoms. The zero-order valence-electron chi connectivity index (χ0n) is 15.9. The molecule has 1 aromatic carbocycles. The Bertz CT molecular complexity index is 938. The highest BCUT2D eigenvalue weighted by Gasteiger charge is 2.26. The Morgan fingerprint density at radius 1 is 1.25 bits per heavy atom. The third-order valence-electron chi connectivity index (χ3n) is 5.12. The van der Waals surface area contributed by atoms with Crippen molar-refractivity contribution in [3.63, 3.8) is 0 Å². The van der Waals surface area contributed by atoms with Crippen LogP contribution in [0.15, 0.2) is 36.7 Å². The van der Waals surface area contributed by atoms with Crippen LogP contribution in [0.5, 0.6) is 0 Å². The first-order valence-electron chi connectivity index (χ1n) is 9.49. The van der Waals surface area contributed by atoms with Crippen LogP contribution in [0, 0.1) is 0 Å². The highest BCUT2D eigenvalue weighted by molar-refractivity contribution is 5.69. The van der Waals surface area contributed by atoms with Crippen molar-refractivity contribution in [3.8, 4) is 22.8 Å². The lowest BCUT2D eigenvalue weighted by atomic mass is 10.1. The summed E-state index contributed by atoms with van der Waals surface area (Å²) in [6.45, 7) is 1.79. The van der Waals surface area contributed by atoms with Crippen LogP contribution in [0.1, 0.15) is 18.4 Å². The maximum atomic E-state index is 9.58. The lowest BCUT2D eigenvalue weighted by Gasteiger charge is -2.24. The van der Waals surface area contributed by atoms with Crippen molar-refractivity contribution >= 4 is 11.6 Å². The number of nitrogens with one attached hydrogen (secondary N) is 2. The first-order valence-corrected chi connectivity index (χ1v) is 9.49. The summed E-state index contributed by atoms with van der Waals surface area (Å²) in [5, 5.41) is 12.7. The number of aliphatic hydroxyl groups is 1. The molecule has 1 aliphatic rings. The summed E-state index contributed by atoms with van der Waals surface area (Å²) in [6, 6.07) is 8.37. The molecule has 0 unspecified atom stereocenters. The molecule has 0 amide bonds. The van der Waals surface area contributed by atoms with Crippen molar-refractivity contribution in [3.05, 3.63) is 42.2 Å². The van der Waals surface area contributed by atoms with E-state index in [-0.39, 0.29) is 12.6 Å². The Labute approximate surface area is 163 Å². The van der Waals surface area contributed by atoms with Crippen LogP contribution < -0.4 is 16.0 Å². The van der Waals surface area contributed by atoms with Crippen LogP contribution in [0.4, 0.5) is 11.6 Å². The Hall–Kier alpha value is -2.97. The molecule has 8 heteroatoms. The first-order chi connectivity index (χ1) is 13.7. The lowest BCUT2D eigenvalue weighted by molar-refractivity contribution is 0.266. The van der Waals surface area contributed by atoms with Gasteiger partial charge in [-0.2, -0.15) is 0 Å². The number of nitrogen functional groups attached to an aromatic ring is 1. The number of imidazole rings is 1. The molecule has 1 saturated heterocycles. The average Bonchev–Trinajstić information content (AvgIpc) is 3.39. The highest BCUT2D eigenvalue weighted by atomic mass is 16.3. The smallest absolute Gasteiger partial charge is 0.160 e. The summed E-state index contributed by atoms with van der Waals surface area (Å²) < 4.78 is 0. The molecule has 1 atom stereocenters. The van der Waals surface area contributed by atoms with Gasteiger partial charge in [0.25, 0.3) is 0 Å².